The highest BCUT2D eigenvalue weighted by atomic mass is 79.9. The molecule has 2 rings (SSSR count). The fraction of sp³-hybridized carbons (Fsp3) is 0.647. The number of hydrogen-bond donors (Lipinski definition) is 1. The van der Waals surface area contributed by atoms with Crippen LogP contribution in [0.5, 0.6) is 0 Å². The Morgan fingerprint density at radius 1 is 1.43 bits per heavy atom. The maximum atomic E-state index is 5.60. The topological polar surface area (TPSA) is 24.5 Å². The Labute approximate surface area is 137 Å². The number of anilines is 1. The SMILES string of the molecule is CC(C)NCc1ccc(Br)cc1N(C)CC1CCCOC1. The molecule has 0 saturated carbocycles. The van der Waals surface area contributed by atoms with Gasteiger partial charge in [-0.1, -0.05) is 35.8 Å². The van der Waals surface area contributed by atoms with Gasteiger partial charge in [0.25, 0.3) is 0 Å². The lowest BCUT2D eigenvalue weighted by Gasteiger charge is -2.30. The van der Waals surface area contributed by atoms with Crippen molar-refractivity contribution in [1.82, 2.24) is 5.32 Å². The van der Waals surface area contributed by atoms with Gasteiger partial charge in [-0.3, -0.25) is 0 Å². The molecule has 1 aliphatic rings. The van der Waals surface area contributed by atoms with Crippen LogP contribution < -0.4 is 10.2 Å². The summed E-state index contributed by atoms with van der Waals surface area (Å²) in [4.78, 5) is 2.38. The highest BCUT2D eigenvalue weighted by Gasteiger charge is 2.17. The van der Waals surface area contributed by atoms with Crippen molar-refractivity contribution in [1.29, 1.82) is 0 Å². The fourth-order valence-electron chi connectivity index (χ4n) is 2.79. The van der Waals surface area contributed by atoms with E-state index in [1.165, 1.54) is 24.1 Å². The number of nitrogens with one attached hydrogen (secondary N) is 1. The Bertz CT molecular complexity index is 444. The van der Waals surface area contributed by atoms with Crippen molar-refractivity contribution in [2.24, 2.45) is 5.92 Å². The van der Waals surface area contributed by atoms with Gasteiger partial charge in [0.1, 0.15) is 0 Å². The monoisotopic (exact) mass is 354 g/mol. The average Bonchev–Trinajstić information content (AvgIpc) is 2.46. The van der Waals surface area contributed by atoms with E-state index < -0.39 is 0 Å². The van der Waals surface area contributed by atoms with E-state index in [9.17, 15) is 0 Å². The first kappa shape index (κ1) is 16.8. The van der Waals surface area contributed by atoms with Crippen molar-refractivity contribution < 1.29 is 4.74 Å². The summed E-state index contributed by atoms with van der Waals surface area (Å²) in [6.07, 6.45) is 2.47. The molecule has 1 unspecified atom stereocenters. The lowest BCUT2D eigenvalue weighted by atomic mass is 10.0. The zero-order valence-electron chi connectivity index (χ0n) is 13.4. The smallest absolute Gasteiger partial charge is 0.0511 e. The molecule has 21 heavy (non-hydrogen) atoms. The van der Waals surface area contributed by atoms with E-state index in [0.29, 0.717) is 12.0 Å². The van der Waals surface area contributed by atoms with E-state index in [1.807, 2.05) is 0 Å². The fourth-order valence-corrected chi connectivity index (χ4v) is 3.14. The summed E-state index contributed by atoms with van der Waals surface area (Å²) in [6.45, 7) is 8.17. The minimum Gasteiger partial charge on any atom is -0.381 e. The van der Waals surface area contributed by atoms with E-state index in [2.05, 4.69) is 65.2 Å². The van der Waals surface area contributed by atoms with Crippen LogP contribution in [0.2, 0.25) is 0 Å². The van der Waals surface area contributed by atoms with Gasteiger partial charge in [0, 0.05) is 42.9 Å². The van der Waals surface area contributed by atoms with Crippen molar-refractivity contribution in [2.45, 2.75) is 39.3 Å². The molecule has 1 aliphatic heterocycles. The molecule has 4 heteroatoms. The second kappa shape index (κ2) is 8.16. The zero-order valence-corrected chi connectivity index (χ0v) is 14.9. The first-order valence-corrected chi connectivity index (χ1v) is 8.66. The maximum absolute atomic E-state index is 5.60. The summed E-state index contributed by atoms with van der Waals surface area (Å²) < 4.78 is 6.74. The molecule has 1 saturated heterocycles. The third kappa shape index (κ3) is 5.28. The Kier molecular flexibility index (Phi) is 6.52. The number of hydrogen-bond acceptors (Lipinski definition) is 3. The van der Waals surface area contributed by atoms with Gasteiger partial charge in [0.2, 0.25) is 0 Å². The maximum Gasteiger partial charge on any atom is 0.0511 e. The van der Waals surface area contributed by atoms with Gasteiger partial charge in [-0.15, -0.1) is 0 Å². The van der Waals surface area contributed by atoms with Crippen LogP contribution in [0, 0.1) is 5.92 Å². The predicted octanol–water partition coefficient (Wildman–Crippen LogP) is 3.81. The standard InChI is InChI=1S/C17H27BrN2O/c1-13(2)19-10-15-6-7-16(18)9-17(15)20(3)11-14-5-4-8-21-12-14/h6-7,9,13-14,19H,4-5,8,10-12H2,1-3H3. The van der Waals surface area contributed by atoms with E-state index in [0.717, 1.165) is 30.8 Å². The van der Waals surface area contributed by atoms with E-state index >= 15 is 0 Å². The van der Waals surface area contributed by atoms with Gasteiger partial charge >= 0.3 is 0 Å². The van der Waals surface area contributed by atoms with Crippen LogP contribution in [-0.2, 0) is 11.3 Å². The van der Waals surface area contributed by atoms with Crippen LogP contribution in [0.4, 0.5) is 5.69 Å². The van der Waals surface area contributed by atoms with Crippen molar-refractivity contribution in [3.8, 4) is 0 Å². The molecule has 1 fully saturated rings. The van der Waals surface area contributed by atoms with Gasteiger partial charge in [-0.05, 0) is 36.5 Å². The summed E-state index contributed by atoms with van der Waals surface area (Å²) in [6, 6.07) is 7.06. The second-order valence-electron chi connectivity index (χ2n) is 6.27. The Hall–Kier alpha value is -0.580. The molecule has 0 amide bonds. The van der Waals surface area contributed by atoms with E-state index in [1.54, 1.807) is 0 Å². The minimum absolute atomic E-state index is 0.499. The molecule has 0 aromatic heterocycles. The third-order valence-corrected chi connectivity index (χ3v) is 4.44. The first-order chi connectivity index (χ1) is 10.1. The highest BCUT2D eigenvalue weighted by Crippen LogP contribution is 2.26. The van der Waals surface area contributed by atoms with E-state index in [4.69, 9.17) is 4.74 Å². The van der Waals surface area contributed by atoms with Crippen LogP contribution in [0.1, 0.15) is 32.3 Å². The van der Waals surface area contributed by atoms with Crippen molar-refractivity contribution in [2.75, 3.05) is 31.7 Å². The Morgan fingerprint density at radius 3 is 2.90 bits per heavy atom. The molecule has 1 N–H and O–H groups in total. The van der Waals surface area contributed by atoms with Gasteiger partial charge in [0.05, 0.1) is 6.61 Å². The minimum atomic E-state index is 0.499. The van der Waals surface area contributed by atoms with Gasteiger partial charge in [-0.2, -0.15) is 0 Å². The number of nitrogens with zero attached hydrogens (tertiary/aromatic N) is 1. The summed E-state index contributed by atoms with van der Waals surface area (Å²) in [5, 5.41) is 3.51. The van der Waals surface area contributed by atoms with Gasteiger partial charge in [-0.25, -0.2) is 0 Å². The van der Waals surface area contributed by atoms with Crippen molar-refractivity contribution >= 4 is 21.6 Å². The van der Waals surface area contributed by atoms with Crippen LogP contribution in [0.15, 0.2) is 22.7 Å². The third-order valence-electron chi connectivity index (χ3n) is 3.95. The van der Waals surface area contributed by atoms with Crippen LogP contribution in [0.25, 0.3) is 0 Å². The van der Waals surface area contributed by atoms with E-state index in [-0.39, 0.29) is 0 Å². The normalized spacial score (nSPS) is 19.0. The highest BCUT2D eigenvalue weighted by molar-refractivity contribution is 9.10. The van der Waals surface area contributed by atoms with Crippen LogP contribution in [0.3, 0.4) is 0 Å². The molecule has 3 nitrogen and oxygen atoms in total. The first-order valence-electron chi connectivity index (χ1n) is 7.87. The molecular formula is C17H27BrN2O. The predicted molar refractivity (Wildman–Crippen MR) is 92.9 cm³/mol. The second-order valence-corrected chi connectivity index (χ2v) is 7.19. The zero-order chi connectivity index (χ0) is 15.2. The van der Waals surface area contributed by atoms with Crippen LogP contribution in [-0.4, -0.2) is 32.8 Å². The number of benzene rings is 1. The Morgan fingerprint density at radius 2 is 2.24 bits per heavy atom. The number of halogens is 1. The largest absolute Gasteiger partial charge is 0.381 e. The van der Waals surface area contributed by atoms with Gasteiger partial charge < -0.3 is 15.0 Å². The molecule has 1 aromatic rings. The summed E-state index contributed by atoms with van der Waals surface area (Å²) in [5.74, 6) is 0.647. The van der Waals surface area contributed by atoms with Crippen molar-refractivity contribution in [3.63, 3.8) is 0 Å². The summed E-state index contributed by atoms with van der Waals surface area (Å²) in [5.41, 5.74) is 2.66. The molecule has 0 bridgehead atoms. The summed E-state index contributed by atoms with van der Waals surface area (Å²) in [7, 11) is 2.19. The molecule has 0 aliphatic carbocycles. The number of rotatable bonds is 6. The molecule has 0 radical (unpaired) electrons. The quantitative estimate of drug-likeness (QED) is 0.840. The van der Waals surface area contributed by atoms with Crippen LogP contribution >= 0.6 is 15.9 Å². The van der Waals surface area contributed by atoms with Crippen molar-refractivity contribution in [3.05, 3.63) is 28.2 Å². The molecule has 1 atom stereocenters. The lowest BCUT2D eigenvalue weighted by Crippen LogP contribution is -2.32. The van der Waals surface area contributed by atoms with Gasteiger partial charge in [0.15, 0.2) is 0 Å². The lowest BCUT2D eigenvalue weighted by molar-refractivity contribution is 0.0576. The molecular weight excluding hydrogens is 328 g/mol. The molecule has 1 heterocycles. The molecule has 0 spiro atoms. The average molecular weight is 355 g/mol. The Balaban J connectivity index is 2.06. The number of ether oxygens (including phenoxy) is 1. The summed E-state index contributed by atoms with van der Waals surface area (Å²) >= 11 is 3.60. The molecule has 118 valence electrons. The molecule has 1 aromatic carbocycles.